The number of rotatable bonds is 11. The quantitative estimate of drug-likeness (QED) is 0.145. The van der Waals surface area contributed by atoms with Crippen molar-refractivity contribution in [2.45, 2.75) is 129 Å². The highest BCUT2D eigenvalue weighted by atomic mass is 16.6. The molecule has 1 saturated heterocycles. The van der Waals surface area contributed by atoms with E-state index >= 15 is 4.79 Å². The lowest BCUT2D eigenvalue weighted by atomic mass is 9.44. The number of hydrogen-bond donors (Lipinski definition) is 4. The minimum atomic E-state index is -2.37. The molecule has 60 heavy (non-hydrogen) atoms. The number of benzene rings is 2. The van der Waals surface area contributed by atoms with Gasteiger partial charge in [-0.05, 0) is 49.1 Å². The van der Waals surface area contributed by atoms with E-state index in [0.717, 1.165) is 13.8 Å². The number of hydrogen-bond acceptors (Lipinski definition) is 14. The van der Waals surface area contributed by atoms with Crippen molar-refractivity contribution >= 4 is 35.6 Å². The Morgan fingerprint density at radius 3 is 2.10 bits per heavy atom. The standard InChI is InChI=1S/C45H55NO14/c1-9-23(2)39(52)46-33(27-16-12-10-13-17-27)34(50)41(54)58-29-21-45(55)38(59-40(53)28-18-14-11-15-19-28)36-43(8,30(49)20-31-44(36,22-56-31)60-26(5)48)37(51)35(57-25(4)47)32(24(29)3)42(45,6)7/h10-19,23,29-31,33-36,38,49-50,55H,9,20-22H2,1-8H3,(H,46,52)/t23-,29+,30+,31-,33+,34-,35-,36+,38+,43-,44+,45-/m1/s1. The van der Waals surface area contributed by atoms with Crippen LogP contribution in [0.25, 0.3) is 0 Å². The van der Waals surface area contributed by atoms with Gasteiger partial charge in [0.2, 0.25) is 5.91 Å². The summed E-state index contributed by atoms with van der Waals surface area (Å²) in [5.74, 6) is -7.06. The van der Waals surface area contributed by atoms with E-state index in [1.165, 1.54) is 26.0 Å². The summed E-state index contributed by atoms with van der Waals surface area (Å²) < 4.78 is 30.2. The first-order valence-corrected chi connectivity index (χ1v) is 20.3. The van der Waals surface area contributed by atoms with Gasteiger partial charge in [0.15, 0.2) is 23.6 Å². The molecule has 2 aromatic rings. The Morgan fingerprint density at radius 2 is 1.55 bits per heavy atom. The van der Waals surface area contributed by atoms with Gasteiger partial charge in [-0.25, -0.2) is 9.59 Å². The van der Waals surface area contributed by atoms with Crippen LogP contribution in [0.2, 0.25) is 0 Å². The zero-order valence-corrected chi connectivity index (χ0v) is 35.1. The lowest BCUT2D eigenvalue weighted by Crippen LogP contribution is -2.82. The minimum Gasteiger partial charge on any atom is -0.456 e. The van der Waals surface area contributed by atoms with E-state index in [1.54, 1.807) is 69.3 Å². The molecular formula is C45H55NO14. The highest BCUT2D eigenvalue weighted by Gasteiger charge is 2.78. The van der Waals surface area contributed by atoms with Gasteiger partial charge in [0.05, 0.1) is 35.6 Å². The number of ether oxygens (including phenoxy) is 5. The monoisotopic (exact) mass is 833 g/mol. The van der Waals surface area contributed by atoms with E-state index in [-0.39, 0.29) is 29.7 Å². The third kappa shape index (κ3) is 7.32. The molecule has 4 aliphatic rings. The largest absolute Gasteiger partial charge is 0.456 e. The summed E-state index contributed by atoms with van der Waals surface area (Å²) in [4.78, 5) is 83.0. The summed E-state index contributed by atoms with van der Waals surface area (Å²) in [5, 5.41) is 40.1. The molecule has 1 aliphatic heterocycles. The Morgan fingerprint density at radius 1 is 0.933 bits per heavy atom. The molecule has 3 aliphatic carbocycles. The second kappa shape index (κ2) is 16.5. The number of carbonyl (C=O) groups excluding carboxylic acids is 6. The van der Waals surface area contributed by atoms with Crippen LogP contribution in [-0.2, 0) is 47.7 Å². The molecule has 12 atom stereocenters. The smallest absolute Gasteiger partial charge is 0.338 e. The van der Waals surface area contributed by atoms with Crippen molar-refractivity contribution in [2.75, 3.05) is 6.61 Å². The lowest BCUT2D eigenvalue weighted by Gasteiger charge is -2.67. The zero-order chi connectivity index (χ0) is 44.1. The molecule has 6 rings (SSSR count). The SMILES string of the molecule is CC[C@@H](C)C(=O)N[C@@H](c1ccccc1)[C@@H](O)C(=O)O[C@H]1C[C@@]2(O)[C@@H](OC(=O)c3ccccc3)[C@@H]3[C@]4(OC(C)=O)CO[C@@H]4C[C@H](O)[C@@]3(C)C(=O)[C@H](OC(C)=O)C(=C1C)C2(C)C. The van der Waals surface area contributed by atoms with E-state index in [9.17, 15) is 39.3 Å². The molecule has 0 spiro atoms. The Hall–Kier alpha value is -4.96. The van der Waals surface area contributed by atoms with Crippen LogP contribution in [0.5, 0.6) is 0 Å². The van der Waals surface area contributed by atoms with Crippen LogP contribution >= 0.6 is 0 Å². The number of aliphatic hydroxyl groups excluding tert-OH is 2. The maximum absolute atomic E-state index is 15.4. The molecule has 4 N–H and O–H groups in total. The van der Waals surface area contributed by atoms with E-state index in [4.69, 9.17) is 23.7 Å². The number of esters is 4. The predicted octanol–water partition coefficient (Wildman–Crippen LogP) is 3.47. The topological polar surface area (TPSA) is 221 Å². The van der Waals surface area contributed by atoms with Crippen molar-refractivity contribution in [3.8, 4) is 0 Å². The van der Waals surface area contributed by atoms with Crippen LogP contribution in [0.4, 0.5) is 0 Å². The first-order valence-electron chi connectivity index (χ1n) is 20.3. The Labute approximate surface area is 348 Å². The van der Waals surface area contributed by atoms with E-state index in [0.29, 0.717) is 12.0 Å². The van der Waals surface area contributed by atoms with Crippen molar-refractivity contribution in [2.24, 2.45) is 22.7 Å². The number of amides is 1. The summed E-state index contributed by atoms with van der Waals surface area (Å²) >= 11 is 0. The Balaban J connectivity index is 1.55. The fourth-order valence-electron chi connectivity index (χ4n) is 9.85. The summed E-state index contributed by atoms with van der Waals surface area (Å²) in [7, 11) is 0. The van der Waals surface area contributed by atoms with Gasteiger partial charge in [0, 0.05) is 38.0 Å². The molecular weight excluding hydrogens is 778 g/mol. The van der Waals surface area contributed by atoms with Crippen LogP contribution < -0.4 is 5.32 Å². The molecule has 2 bridgehead atoms. The maximum atomic E-state index is 15.4. The van der Waals surface area contributed by atoms with Crippen LogP contribution in [0.15, 0.2) is 71.8 Å². The number of ketones is 1. The Bertz CT molecular complexity index is 2050. The molecule has 2 saturated carbocycles. The van der Waals surface area contributed by atoms with Gasteiger partial charge in [-0.3, -0.25) is 19.2 Å². The maximum Gasteiger partial charge on any atom is 0.338 e. The summed E-state index contributed by atoms with van der Waals surface area (Å²) in [5.41, 5.74) is -7.15. The van der Waals surface area contributed by atoms with Crippen molar-refractivity contribution < 1.29 is 67.8 Å². The third-order valence-corrected chi connectivity index (χ3v) is 13.5. The average Bonchev–Trinajstić information content (AvgIpc) is 3.20. The molecule has 2 aromatic carbocycles. The van der Waals surface area contributed by atoms with Gasteiger partial charge < -0.3 is 44.3 Å². The van der Waals surface area contributed by atoms with Crippen LogP contribution in [0.1, 0.15) is 96.6 Å². The fourth-order valence-corrected chi connectivity index (χ4v) is 9.85. The molecule has 0 radical (unpaired) electrons. The molecule has 1 amide bonds. The van der Waals surface area contributed by atoms with Crippen LogP contribution in [0, 0.1) is 22.7 Å². The second-order valence-corrected chi connectivity index (χ2v) is 17.3. The Kier molecular flexibility index (Phi) is 12.2. The molecule has 324 valence electrons. The number of Topliss-reactive ketones (excluding diaryl/α,β-unsaturated/α-hetero) is 1. The number of carbonyl (C=O) groups is 6. The highest BCUT2D eigenvalue weighted by molar-refractivity contribution is 5.95. The molecule has 15 heteroatoms. The molecule has 3 fully saturated rings. The van der Waals surface area contributed by atoms with Gasteiger partial charge >= 0.3 is 23.9 Å². The van der Waals surface area contributed by atoms with E-state index in [2.05, 4.69) is 5.32 Å². The van der Waals surface area contributed by atoms with Crippen LogP contribution in [0.3, 0.4) is 0 Å². The minimum absolute atomic E-state index is 0.00887. The van der Waals surface area contributed by atoms with Gasteiger partial charge in [0.25, 0.3) is 0 Å². The number of fused-ring (bicyclic) bond motifs is 5. The molecule has 15 nitrogen and oxygen atoms in total. The molecule has 0 aromatic heterocycles. The van der Waals surface area contributed by atoms with Crippen molar-refractivity contribution in [1.29, 1.82) is 0 Å². The van der Waals surface area contributed by atoms with Gasteiger partial charge in [0.1, 0.15) is 23.9 Å². The molecule has 1 heterocycles. The highest BCUT2D eigenvalue weighted by Crippen LogP contribution is 2.64. The number of aliphatic hydroxyl groups is 3. The average molecular weight is 834 g/mol. The third-order valence-electron chi connectivity index (χ3n) is 13.5. The zero-order valence-electron chi connectivity index (χ0n) is 35.1. The summed E-state index contributed by atoms with van der Waals surface area (Å²) in [6, 6.07) is 14.9. The fraction of sp³-hybridized carbons (Fsp3) is 0.556. The normalized spacial score (nSPS) is 33.1. The predicted molar refractivity (Wildman–Crippen MR) is 211 cm³/mol. The van der Waals surface area contributed by atoms with E-state index < -0.39 is 119 Å². The van der Waals surface area contributed by atoms with Crippen molar-refractivity contribution in [1.82, 2.24) is 5.32 Å². The van der Waals surface area contributed by atoms with Gasteiger partial charge in [-0.1, -0.05) is 76.2 Å². The first-order chi connectivity index (χ1) is 28.1. The van der Waals surface area contributed by atoms with E-state index in [1.807, 2.05) is 6.92 Å². The molecule has 0 unspecified atom stereocenters. The second-order valence-electron chi connectivity index (χ2n) is 17.3. The van der Waals surface area contributed by atoms with Crippen LogP contribution in [-0.4, -0.2) is 105 Å². The summed E-state index contributed by atoms with van der Waals surface area (Å²) in [6.07, 6.45) is -9.88. The summed E-state index contributed by atoms with van der Waals surface area (Å²) in [6.45, 7) is 11.5. The first kappa shape index (κ1) is 44.6. The van der Waals surface area contributed by atoms with Crippen molar-refractivity contribution in [3.05, 3.63) is 82.9 Å². The number of nitrogens with one attached hydrogen (secondary N) is 1. The van der Waals surface area contributed by atoms with Crippen molar-refractivity contribution in [3.63, 3.8) is 0 Å². The van der Waals surface area contributed by atoms with Gasteiger partial charge in [-0.15, -0.1) is 0 Å². The van der Waals surface area contributed by atoms with Gasteiger partial charge in [-0.2, -0.15) is 0 Å². The lowest BCUT2D eigenvalue weighted by molar-refractivity contribution is -0.346.